The quantitative estimate of drug-likeness (QED) is 0.925. The highest BCUT2D eigenvalue weighted by atomic mass is 19.1. The van der Waals surface area contributed by atoms with Gasteiger partial charge in [-0.3, -0.25) is 14.6 Å². The first-order valence-corrected chi connectivity index (χ1v) is 7.12. The molecule has 0 bridgehead atoms. The third-order valence-electron chi connectivity index (χ3n) is 4.14. The van der Waals surface area contributed by atoms with Gasteiger partial charge in [0.1, 0.15) is 5.82 Å². The van der Waals surface area contributed by atoms with Crippen LogP contribution < -0.4 is 0 Å². The fourth-order valence-corrected chi connectivity index (χ4v) is 2.90. The summed E-state index contributed by atoms with van der Waals surface area (Å²) < 4.78 is 13.1. The molecular formula is C15H19FN2O3. The van der Waals surface area contributed by atoms with E-state index in [1.165, 1.54) is 6.20 Å². The number of rotatable bonds is 4. The lowest BCUT2D eigenvalue weighted by Gasteiger charge is -2.38. The molecule has 2 rings (SSSR count). The number of carboxylic acids is 1. The van der Waals surface area contributed by atoms with E-state index in [4.69, 9.17) is 0 Å². The number of aromatic nitrogens is 1. The van der Waals surface area contributed by atoms with Crippen molar-refractivity contribution < 1.29 is 19.1 Å². The van der Waals surface area contributed by atoms with Crippen LogP contribution in [0.5, 0.6) is 0 Å². The zero-order chi connectivity index (χ0) is 15.5. The van der Waals surface area contributed by atoms with Gasteiger partial charge in [0.05, 0.1) is 17.2 Å². The summed E-state index contributed by atoms with van der Waals surface area (Å²) in [5.41, 5.74) is -0.528. The lowest BCUT2D eigenvalue weighted by molar-refractivity contribution is -0.152. The van der Waals surface area contributed by atoms with Crippen molar-refractivity contribution in [1.82, 2.24) is 9.88 Å². The fraction of sp³-hybridized carbons (Fsp3) is 0.533. The number of amides is 1. The average Bonchev–Trinajstić information content (AvgIpc) is 2.47. The van der Waals surface area contributed by atoms with E-state index in [0.717, 1.165) is 18.7 Å². The largest absolute Gasteiger partial charge is 0.481 e. The Balaban J connectivity index is 2.06. The molecule has 5 nitrogen and oxygen atoms in total. The van der Waals surface area contributed by atoms with Gasteiger partial charge in [0.15, 0.2) is 0 Å². The van der Waals surface area contributed by atoms with Crippen molar-refractivity contribution in [3.8, 4) is 0 Å². The van der Waals surface area contributed by atoms with Crippen molar-refractivity contribution in [2.45, 2.75) is 32.6 Å². The van der Waals surface area contributed by atoms with Gasteiger partial charge in [0.2, 0.25) is 0 Å². The smallest absolute Gasteiger partial charge is 0.309 e. The zero-order valence-electron chi connectivity index (χ0n) is 12.0. The number of hydrogen-bond acceptors (Lipinski definition) is 3. The molecule has 1 saturated heterocycles. The summed E-state index contributed by atoms with van der Waals surface area (Å²) in [6, 6.07) is 1.15. The van der Waals surface area contributed by atoms with E-state index in [1.54, 1.807) is 4.90 Å². The lowest BCUT2D eigenvalue weighted by Crippen LogP contribution is -2.46. The van der Waals surface area contributed by atoms with Crippen LogP contribution >= 0.6 is 0 Å². The third-order valence-corrected chi connectivity index (χ3v) is 4.14. The minimum Gasteiger partial charge on any atom is -0.481 e. The summed E-state index contributed by atoms with van der Waals surface area (Å²) in [5.74, 6) is -1.63. The molecule has 0 atom stereocenters. The monoisotopic (exact) mass is 294 g/mol. The molecule has 1 aliphatic rings. The number of pyridine rings is 1. The summed E-state index contributed by atoms with van der Waals surface area (Å²) in [7, 11) is 0. The first-order chi connectivity index (χ1) is 9.98. The standard InChI is InChI=1S/C15H19FN2O3/c1-2-3-15(14(20)21)4-6-18(7-5-15)13(19)11-8-12(16)10-17-9-11/h8-10H,2-7H2,1H3,(H,20,21). The first kappa shape index (κ1) is 15.4. The molecule has 0 saturated carbocycles. The van der Waals surface area contributed by atoms with Gasteiger partial charge in [-0.25, -0.2) is 4.39 Å². The summed E-state index contributed by atoms with van der Waals surface area (Å²) in [6.07, 6.45) is 4.66. The van der Waals surface area contributed by atoms with Crippen LogP contribution in [0.3, 0.4) is 0 Å². The number of carbonyl (C=O) groups excluding carboxylic acids is 1. The van der Waals surface area contributed by atoms with Crippen LogP contribution in [-0.2, 0) is 4.79 Å². The molecule has 0 unspecified atom stereocenters. The Morgan fingerprint density at radius 2 is 2.05 bits per heavy atom. The number of nitrogens with zero attached hydrogens (tertiary/aromatic N) is 2. The van der Waals surface area contributed by atoms with E-state index in [1.807, 2.05) is 6.92 Å². The summed E-state index contributed by atoms with van der Waals surface area (Å²) in [4.78, 5) is 29.0. The van der Waals surface area contributed by atoms with Gasteiger partial charge >= 0.3 is 5.97 Å². The Morgan fingerprint density at radius 1 is 1.38 bits per heavy atom. The summed E-state index contributed by atoms with van der Waals surface area (Å²) in [6.45, 7) is 2.71. The molecule has 2 heterocycles. The van der Waals surface area contributed by atoms with Crippen LogP contribution in [0.1, 0.15) is 43.0 Å². The maximum absolute atomic E-state index is 13.1. The molecule has 1 aromatic rings. The predicted octanol–water partition coefficient (Wildman–Crippen LogP) is 2.33. The van der Waals surface area contributed by atoms with E-state index in [0.29, 0.717) is 32.4 Å². The van der Waals surface area contributed by atoms with Gasteiger partial charge in [-0.15, -0.1) is 0 Å². The van der Waals surface area contributed by atoms with Crippen LogP contribution in [0.2, 0.25) is 0 Å². The van der Waals surface area contributed by atoms with E-state index < -0.39 is 17.2 Å². The lowest BCUT2D eigenvalue weighted by atomic mass is 9.75. The fourth-order valence-electron chi connectivity index (χ4n) is 2.90. The number of carboxylic acid groups (broad SMARTS) is 1. The van der Waals surface area contributed by atoms with Crippen molar-refractivity contribution in [1.29, 1.82) is 0 Å². The number of aliphatic carboxylic acids is 1. The van der Waals surface area contributed by atoms with Crippen molar-refractivity contribution >= 4 is 11.9 Å². The average molecular weight is 294 g/mol. The highest BCUT2D eigenvalue weighted by Crippen LogP contribution is 2.36. The number of carbonyl (C=O) groups is 2. The van der Waals surface area contributed by atoms with Crippen LogP contribution in [0.4, 0.5) is 4.39 Å². The Labute approximate surface area is 122 Å². The zero-order valence-corrected chi connectivity index (χ0v) is 12.0. The Bertz CT molecular complexity index is 539. The predicted molar refractivity (Wildman–Crippen MR) is 74.3 cm³/mol. The third kappa shape index (κ3) is 3.20. The first-order valence-electron chi connectivity index (χ1n) is 7.12. The number of hydrogen-bond donors (Lipinski definition) is 1. The highest BCUT2D eigenvalue weighted by Gasteiger charge is 2.41. The molecule has 0 aromatic carbocycles. The second kappa shape index (κ2) is 6.20. The summed E-state index contributed by atoms with van der Waals surface area (Å²) >= 11 is 0. The highest BCUT2D eigenvalue weighted by molar-refractivity contribution is 5.94. The van der Waals surface area contributed by atoms with Gasteiger partial charge in [0, 0.05) is 19.3 Å². The maximum Gasteiger partial charge on any atom is 0.309 e. The molecule has 1 amide bonds. The molecule has 21 heavy (non-hydrogen) atoms. The van der Waals surface area contributed by atoms with Crippen LogP contribution in [0, 0.1) is 11.2 Å². The molecular weight excluding hydrogens is 275 g/mol. The summed E-state index contributed by atoms with van der Waals surface area (Å²) in [5, 5.41) is 9.44. The molecule has 0 spiro atoms. The normalized spacial score (nSPS) is 17.5. The van der Waals surface area contributed by atoms with Gasteiger partial charge in [-0.05, 0) is 25.3 Å². The molecule has 1 fully saturated rings. The van der Waals surface area contributed by atoms with Gasteiger partial charge in [-0.2, -0.15) is 0 Å². The molecule has 1 aromatic heterocycles. The van der Waals surface area contributed by atoms with Crippen LogP contribution in [-0.4, -0.2) is 40.0 Å². The van der Waals surface area contributed by atoms with Gasteiger partial charge in [0.25, 0.3) is 5.91 Å². The molecule has 6 heteroatoms. The second-order valence-electron chi connectivity index (χ2n) is 5.52. The minimum atomic E-state index is -0.788. The van der Waals surface area contributed by atoms with E-state index in [-0.39, 0.29) is 11.5 Å². The Hall–Kier alpha value is -1.98. The number of piperidine rings is 1. The van der Waals surface area contributed by atoms with E-state index in [9.17, 15) is 19.1 Å². The number of halogens is 1. The van der Waals surface area contributed by atoms with Crippen molar-refractivity contribution in [2.75, 3.05) is 13.1 Å². The number of likely N-dealkylation sites (tertiary alicyclic amines) is 1. The molecule has 1 aliphatic heterocycles. The molecule has 0 radical (unpaired) electrons. The van der Waals surface area contributed by atoms with E-state index in [2.05, 4.69) is 4.98 Å². The molecule has 114 valence electrons. The topological polar surface area (TPSA) is 70.5 Å². The Kier molecular flexibility index (Phi) is 4.55. The molecule has 1 N–H and O–H groups in total. The maximum atomic E-state index is 13.1. The Morgan fingerprint density at radius 3 is 2.57 bits per heavy atom. The van der Waals surface area contributed by atoms with Crippen molar-refractivity contribution in [2.24, 2.45) is 5.41 Å². The van der Waals surface area contributed by atoms with Crippen LogP contribution in [0.25, 0.3) is 0 Å². The SMILES string of the molecule is CCCC1(C(=O)O)CCN(C(=O)c2cncc(F)c2)CC1. The second-order valence-corrected chi connectivity index (χ2v) is 5.52. The molecule has 0 aliphatic carbocycles. The van der Waals surface area contributed by atoms with Crippen molar-refractivity contribution in [3.05, 3.63) is 29.8 Å². The van der Waals surface area contributed by atoms with Crippen molar-refractivity contribution in [3.63, 3.8) is 0 Å². The van der Waals surface area contributed by atoms with Crippen LogP contribution in [0.15, 0.2) is 18.5 Å². The van der Waals surface area contributed by atoms with E-state index >= 15 is 0 Å². The van der Waals surface area contributed by atoms with Gasteiger partial charge < -0.3 is 10.0 Å². The minimum absolute atomic E-state index is 0.202. The van der Waals surface area contributed by atoms with Gasteiger partial charge in [-0.1, -0.05) is 13.3 Å².